The molecule has 1 aliphatic carbocycles. The summed E-state index contributed by atoms with van der Waals surface area (Å²) >= 11 is 0. The van der Waals surface area contributed by atoms with E-state index in [-0.39, 0.29) is 12.0 Å². The van der Waals surface area contributed by atoms with Crippen LogP contribution >= 0.6 is 0 Å². The maximum absolute atomic E-state index is 5.42. The number of rotatable bonds is 5. The Kier molecular flexibility index (Phi) is 7.77. The predicted octanol–water partition coefficient (Wildman–Crippen LogP) is 13.2. The molecule has 2 heterocycles. The molecule has 0 saturated heterocycles. The van der Waals surface area contributed by atoms with Crippen LogP contribution in [-0.4, -0.2) is 22.6 Å². The van der Waals surface area contributed by atoms with Crippen molar-refractivity contribution in [2.24, 2.45) is 9.98 Å². The molecule has 56 heavy (non-hydrogen) atoms. The Morgan fingerprint density at radius 1 is 0.500 bits per heavy atom. The van der Waals surface area contributed by atoms with Crippen molar-refractivity contribution in [3.8, 4) is 11.1 Å². The fourth-order valence-electron chi connectivity index (χ4n) is 8.92. The molecule has 8 aromatic carbocycles. The van der Waals surface area contributed by atoms with Crippen LogP contribution in [0.1, 0.15) is 35.4 Å². The van der Waals surface area contributed by atoms with Crippen LogP contribution in [0.2, 0.25) is 0 Å². The lowest BCUT2D eigenvalue weighted by Crippen LogP contribution is -2.24. The maximum Gasteiger partial charge on any atom is 0.155 e. The number of hydrogen-bond donors (Lipinski definition) is 0. The fraction of sp³-hybridized carbons (Fsp3) is 0.0755. The van der Waals surface area contributed by atoms with E-state index < -0.39 is 0 Å². The highest BCUT2D eigenvalue weighted by molar-refractivity contribution is 6.23. The molecule has 1 aliphatic heterocycles. The molecule has 0 radical (unpaired) electrons. The molecule has 2 aliphatic rings. The predicted molar refractivity (Wildman–Crippen MR) is 236 cm³/mol. The van der Waals surface area contributed by atoms with Gasteiger partial charge in [-0.2, -0.15) is 0 Å². The Bertz CT molecular complexity index is 3150. The first-order chi connectivity index (χ1) is 27.7. The lowest BCUT2D eigenvalue weighted by Gasteiger charge is -2.26. The van der Waals surface area contributed by atoms with E-state index in [1.54, 1.807) is 0 Å². The van der Waals surface area contributed by atoms with Gasteiger partial charge in [0.05, 0.1) is 17.3 Å². The first-order valence-corrected chi connectivity index (χ1v) is 19.5. The van der Waals surface area contributed by atoms with Crippen molar-refractivity contribution >= 4 is 65.5 Å². The van der Waals surface area contributed by atoms with Crippen LogP contribution in [0.4, 0.5) is 0 Å². The number of fused-ring (bicyclic) bond motifs is 7. The SMILES string of the molecule is C1=CC(c2cc3ccccc3c3ccccc23)CC=C1C1CC(c2cc3ccccc3c3ccccc23)=NC(c2ccc(-c3cnc4ccccc4c3)cc2)=N1. The molecule has 1 aromatic heterocycles. The molecule has 0 bridgehead atoms. The largest absolute Gasteiger partial charge is 0.258 e. The van der Waals surface area contributed by atoms with E-state index in [0.29, 0.717) is 0 Å². The quantitative estimate of drug-likeness (QED) is 0.163. The highest BCUT2D eigenvalue weighted by atomic mass is 15.0. The van der Waals surface area contributed by atoms with Gasteiger partial charge in [-0.05, 0) is 90.5 Å². The Morgan fingerprint density at radius 2 is 1.11 bits per heavy atom. The second kappa shape index (κ2) is 13.4. The third kappa shape index (κ3) is 5.63. The van der Waals surface area contributed by atoms with Crippen LogP contribution in [0, 0.1) is 0 Å². The number of nitrogens with zero attached hydrogens (tertiary/aromatic N) is 3. The van der Waals surface area contributed by atoms with Gasteiger partial charge in [0.2, 0.25) is 0 Å². The van der Waals surface area contributed by atoms with Gasteiger partial charge in [-0.1, -0.05) is 158 Å². The van der Waals surface area contributed by atoms with Crippen LogP contribution in [0.25, 0.3) is 65.1 Å². The number of amidine groups is 1. The van der Waals surface area contributed by atoms with Crippen LogP contribution < -0.4 is 0 Å². The summed E-state index contributed by atoms with van der Waals surface area (Å²) in [5.41, 5.74) is 9.10. The Morgan fingerprint density at radius 3 is 1.84 bits per heavy atom. The number of pyridine rings is 1. The Hall–Kier alpha value is -6.97. The molecule has 2 atom stereocenters. The van der Waals surface area contributed by atoms with Crippen LogP contribution in [0.5, 0.6) is 0 Å². The van der Waals surface area contributed by atoms with E-state index in [4.69, 9.17) is 15.0 Å². The van der Waals surface area contributed by atoms with Gasteiger partial charge < -0.3 is 0 Å². The van der Waals surface area contributed by atoms with Gasteiger partial charge in [-0.15, -0.1) is 0 Å². The third-order valence-electron chi connectivity index (χ3n) is 11.8. The number of aliphatic imine (C=N–C) groups is 2. The van der Waals surface area contributed by atoms with E-state index in [1.165, 1.54) is 59.8 Å². The van der Waals surface area contributed by atoms with E-state index >= 15 is 0 Å². The summed E-state index contributed by atoms with van der Waals surface area (Å²) in [5.74, 6) is 1.06. The normalized spacial score (nSPS) is 17.0. The van der Waals surface area contributed by atoms with Crippen LogP contribution in [0.3, 0.4) is 0 Å². The first kappa shape index (κ1) is 32.5. The van der Waals surface area contributed by atoms with E-state index in [0.717, 1.165) is 52.0 Å². The van der Waals surface area contributed by atoms with Gasteiger partial charge in [0.15, 0.2) is 5.84 Å². The van der Waals surface area contributed by atoms with Gasteiger partial charge >= 0.3 is 0 Å². The number of para-hydroxylation sites is 1. The molecule has 3 heteroatoms. The van der Waals surface area contributed by atoms with Crippen molar-refractivity contribution in [1.29, 1.82) is 0 Å². The Balaban J connectivity index is 0.987. The second-order valence-corrected chi connectivity index (χ2v) is 15.1. The summed E-state index contributed by atoms with van der Waals surface area (Å²) in [6.45, 7) is 0. The lowest BCUT2D eigenvalue weighted by molar-refractivity contribution is 0.774. The van der Waals surface area contributed by atoms with E-state index in [2.05, 4.69) is 176 Å². The average Bonchev–Trinajstić information content (AvgIpc) is 3.28. The summed E-state index contributed by atoms with van der Waals surface area (Å²) in [6.07, 6.45) is 10.8. The van der Waals surface area contributed by atoms with Crippen molar-refractivity contribution < 1.29 is 0 Å². The summed E-state index contributed by atoms with van der Waals surface area (Å²) in [5, 5.41) is 11.3. The number of aromatic nitrogens is 1. The third-order valence-corrected chi connectivity index (χ3v) is 11.8. The molecule has 264 valence electrons. The van der Waals surface area contributed by atoms with Crippen LogP contribution in [0.15, 0.2) is 204 Å². The average molecular weight is 716 g/mol. The minimum Gasteiger partial charge on any atom is -0.258 e. The van der Waals surface area contributed by atoms with Gasteiger partial charge in [0.25, 0.3) is 0 Å². The number of allylic oxidation sites excluding steroid dienone is 2. The van der Waals surface area contributed by atoms with Gasteiger partial charge in [0, 0.05) is 40.6 Å². The van der Waals surface area contributed by atoms with Crippen molar-refractivity contribution in [3.05, 3.63) is 210 Å². The van der Waals surface area contributed by atoms with E-state index in [9.17, 15) is 0 Å². The van der Waals surface area contributed by atoms with Crippen molar-refractivity contribution in [2.45, 2.75) is 24.8 Å². The number of benzene rings is 8. The molecule has 0 amide bonds. The van der Waals surface area contributed by atoms with Gasteiger partial charge in [0.1, 0.15) is 0 Å². The number of hydrogen-bond acceptors (Lipinski definition) is 3. The highest BCUT2D eigenvalue weighted by Gasteiger charge is 2.26. The fourth-order valence-corrected chi connectivity index (χ4v) is 8.92. The molecule has 2 unspecified atom stereocenters. The molecule has 11 rings (SSSR count). The molecule has 0 saturated carbocycles. The molecular weight excluding hydrogens is 679 g/mol. The summed E-state index contributed by atoms with van der Waals surface area (Å²) in [4.78, 5) is 15.5. The van der Waals surface area contributed by atoms with E-state index in [1.807, 2.05) is 12.3 Å². The molecule has 0 fully saturated rings. The van der Waals surface area contributed by atoms with Crippen molar-refractivity contribution in [2.75, 3.05) is 0 Å². The monoisotopic (exact) mass is 715 g/mol. The molecule has 9 aromatic rings. The minimum atomic E-state index is -0.0577. The van der Waals surface area contributed by atoms with Crippen molar-refractivity contribution in [3.63, 3.8) is 0 Å². The highest BCUT2D eigenvalue weighted by Crippen LogP contribution is 2.39. The zero-order chi connectivity index (χ0) is 37.0. The molecular formula is C53H37N3. The van der Waals surface area contributed by atoms with Crippen LogP contribution in [-0.2, 0) is 0 Å². The lowest BCUT2D eigenvalue weighted by atomic mass is 9.83. The molecule has 3 nitrogen and oxygen atoms in total. The zero-order valence-electron chi connectivity index (χ0n) is 30.8. The summed E-state index contributed by atoms with van der Waals surface area (Å²) in [7, 11) is 0. The summed E-state index contributed by atoms with van der Waals surface area (Å²) in [6, 6.07) is 58.8. The van der Waals surface area contributed by atoms with Crippen molar-refractivity contribution in [1.82, 2.24) is 4.98 Å². The summed E-state index contributed by atoms with van der Waals surface area (Å²) < 4.78 is 0. The van der Waals surface area contributed by atoms with Gasteiger partial charge in [-0.25, -0.2) is 4.99 Å². The minimum absolute atomic E-state index is 0.0577. The maximum atomic E-state index is 5.42. The topological polar surface area (TPSA) is 37.6 Å². The smallest absolute Gasteiger partial charge is 0.155 e. The standard InChI is InChI=1S/C53H37N3/c1-4-14-42-38(11-1)30-48(46-18-8-6-16-44(42)46)35-23-25-36(26-24-35)51-32-52(49-31-39-12-2-5-15-43(39)45-17-7-9-19-47(45)49)56-53(55-51)37-27-21-34(22-28-37)41-29-40-13-3-10-20-50(40)54-33-41/h1-23,25-31,33,35,51H,24,32H2. The Labute approximate surface area is 325 Å². The molecule has 0 spiro atoms. The first-order valence-electron chi connectivity index (χ1n) is 19.5. The zero-order valence-corrected chi connectivity index (χ0v) is 30.8. The second-order valence-electron chi connectivity index (χ2n) is 15.1. The molecule has 0 N–H and O–H groups in total. The van der Waals surface area contributed by atoms with Gasteiger partial charge in [-0.3, -0.25) is 9.98 Å².